The second-order valence-corrected chi connectivity index (χ2v) is 6.47. The first-order valence-electron chi connectivity index (χ1n) is 5.50. The van der Waals surface area contributed by atoms with Crippen molar-refractivity contribution in [1.82, 2.24) is 0 Å². The SMILES string of the molecule is CC1=CC[C@@H]2[C@H](C1)[C@@H]1O[C@H]2C(=O)C(Br)=C1Br. The van der Waals surface area contributed by atoms with Crippen LogP contribution in [-0.2, 0) is 9.53 Å². The van der Waals surface area contributed by atoms with E-state index in [0.717, 1.165) is 17.3 Å². The van der Waals surface area contributed by atoms with Crippen LogP contribution in [0.3, 0.4) is 0 Å². The van der Waals surface area contributed by atoms with Crippen LogP contribution in [0.25, 0.3) is 0 Å². The average molecular weight is 348 g/mol. The summed E-state index contributed by atoms with van der Waals surface area (Å²) < 4.78 is 7.45. The van der Waals surface area contributed by atoms with Crippen molar-refractivity contribution in [2.75, 3.05) is 0 Å². The third-order valence-electron chi connectivity index (χ3n) is 3.85. The van der Waals surface area contributed by atoms with Gasteiger partial charge in [-0.15, -0.1) is 0 Å². The molecular formula is C12H12Br2O2. The summed E-state index contributed by atoms with van der Waals surface area (Å²) in [6.07, 6.45) is 4.12. The van der Waals surface area contributed by atoms with Gasteiger partial charge in [0.1, 0.15) is 6.10 Å². The van der Waals surface area contributed by atoms with E-state index in [0.29, 0.717) is 16.3 Å². The highest BCUT2D eigenvalue weighted by Gasteiger charge is 2.53. The summed E-state index contributed by atoms with van der Waals surface area (Å²) >= 11 is 6.87. The van der Waals surface area contributed by atoms with Gasteiger partial charge in [0.2, 0.25) is 0 Å². The molecular weight excluding hydrogens is 336 g/mol. The molecule has 1 aliphatic carbocycles. The first kappa shape index (κ1) is 11.2. The van der Waals surface area contributed by atoms with Gasteiger partial charge in [-0.1, -0.05) is 27.6 Å². The highest BCUT2D eigenvalue weighted by molar-refractivity contribution is 9.14. The molecule has 86 valence electrons. The molecule has 2 heterocycles. The topological polar surface area (TPSA) is 26.3 Å². The van der Waals surface area contributed by atoms with E-state index >= 15 is 0 Å². The number of fused-ring (bicyclic) bond motifs is 5. The molecule has 3 rings (SSSR count). The number of halogens is 2. The first-order valence-corrected chi connectivity index (χ1v) is 7.08. The average Bonchev–Trinajstić information content (AvgIpc) is 2.60. The number of rotatable bonds is 0. The lowest BCUT2D eigenvalue weighted by molar-refractivity contribution is -0.127. The minimum Gasteiger partial charge on any atom is -0.361 e. The number of ketones is 1. The van der Waals surface area contributed by atoms with E-state index < -0.39 is 0 Å². The summed E-state index contributed by atoms with van der Waals surface area (Å²) in [4.78, 5) is 12.0. The second-order valence-electron chi connectivity index (χ2n) is 4.82. The quantitative estimate of drug-likeness (QED) is 0.628. The molecule has 0 N–H and O–H groups in total. The Hall–Kier alpha value is 0.0700. The van der Waals surface area contributed by atoms with Crippen LogP contribution in [-0.4, -0.2) is 18.0 Å². The summed E-state index contributed by atoms with van der Waals surface area (Å²) in [5, 5.41) is 0. The number of carbonyl (C=O) groups is 1. The van der Waals surface area contributed by atoms with E-state index in [-0.39, 0.29) is 18.0 Å². The zero-order valence-electron chi connectivity index (χ0n) is 8.87. The summed E-state index contributed by atoms with van der Waals surface area (Å²) in [7, 11) is 0. The fourth-order valence-electron chi connectivity index (χ4n) is 3.03. The lowest BCUT2D eigenvalue weighted by atomic mass is 9.77. The Kier molecular flexibility index (Phi) is 2.64. The Morgan fingerprint density at radius 1 is 1.31 bits per heavy atom. The van der Waals surface area contributed by atoms with Gasteiger partial charge in [0, 0.05) is 10.4 Å². The molecule has 2 aliphatic heterocycles. The molecule has 4 atom stereocenters. The van der Waals surface area contributed by atoms with Crippen LogP contribution >= 0.6 is 31.9 Å². The second kappa shape index (κ2) is 3.79. The predicted octanol–water partition coefficient (Wildman–Crippen LogP) is 3.31. The molecule has 0 aromatic heterocycles. The molecule has 1 saturated heterocycles. The van der Waals surface area contributed by atoms with Crippen LogP contribution in [0.2, 0.25) is 0 Å². The third-order valence-corrected chi connectivity index (χ3v) is 6.05. The molecule has 0 spiro atoms. The van der Waals surface area contributed by atoms with E-state index in [9.17, 15) is 4.79 Å². The molecule has 2 bridgehead atoms. The molecule has 16 heavy (non-hydrogen) atoms. The van der Waals surface area contributed by atoms with Crippen LogP contribution in [0.5, 0.6) is 0 Å². The number of hydrogen-bond donors (Lipinski definition) is 0. The lowest BCUT2D eigenvalue weighted by Gasteiger charge is -2.25. The van der Waals surface area contributed by atoms with Gasteiger partial charge >= 0.3 is 0 Å². The zero-order chi connectivity index (χ0) is 11.4. The van der Waals surface area contributed by atoms with Crippen LogP contribution in [0.4, 0.5) is 0 Å². The molecule has 0 radical (unpaired) electrons. The van der Waals surface area contributed by atoms with E-state index in [1.54, 1.807) is 0 Å². The molecule has 0 aromatic rings. The molecule has 3 aliphatic rings. The van der Waals surface area contributed by atoms with E-state index in [1.165, 1.54) is 5.57 Å². The highest BCUT2D eigenvalue weighted by atomic mass is 79.9. The summed E-state index contributed by atoms with van der Waals surface area (Å²) in [6.45, 7) is 2.16. The number of allylic oxidation sites excluding steroid dienone is 2. The van der Waals surface area contributed by atoms with Gasteiger partial charge in [0.25, 0.3) is 0 Å². The van der Waals surface area contributed by atoms with Crippen molar-refractivity contribution < 1.29 is 9.53 Å². The van der Waals surface area contributed by atoms with Gasteiger partial charge in [-0.05, 0) is 41.6 Å². The number of carbonyl (C=O) groups excluding carboxylic acids is 1. The maximum Gasteiger partial charge on any atom is 0.199 e. The largest absolute Gasteiger partial charge is 0.361 e. The standard InChI is InChI=1S/C12H12Br2O2/c1-5-2-3-6-7(4-5)11-9(14)8(13)10(15)12(6)16-11/h2,6-7,11-12H,3-4H2,1H3/t6-,7+,11+,12-/m1/s1. The lowest BCUT2D eigenvalue weighted by Crippen LogP contribution is -2.31. The van der Waals surface area contributed by atoms with Gasteiger partial charge in [0.05, 0.1) is 10.6 Å². The van der Waals surface area contributed by atoms with E-state index in [1.807, 2.05) is 0 Å². The van der Waals surface area contributed by atoms with Crippen molar-refractivity contribution in [3.05, 3.63) is 20.6 Å². The van der Waals surface area contributed by atoms with E-state index in [2.05, 4.69) is 44.9 Å². The van der Waals surface area contributed by atoms with Crippen LogP contribution in [0.1, 0.15) is 19.8 Å². The minimum absolute atomic E-state index is 0.0747. The van der Waals surface area contributed by atoms with Crippen LogP contribution in [0.15, 0.2) is 20.6 Å². The Balaban J connectivity index is 2.02. The first-order chi connectivity index (χ1) is 7.59. The fourth-order valence-corrected chi connectivity index (χ4v) is 4.12. The van der Waals surface area contributed by atoms with Gasteiger partial charge in [-0.25, -0.2) is 0 Å². The van der Waals surface area contributed by atoms with Crippen molar-refractivity contribution in [2.45, 2.75) is 32.0 Å². The smallest absolute Gasteiger partial charge is 0.199 e. The molecule has 0 unspecified atom stereocenters. The number of hydrogen-bond acceptors (Lipinski definition) is 2. The maximum absolute atomic E-state index is 12.0. The summed E-state index contributed by atoms with van der Waals surface area (Å²) in [5.74, 6) is 0.927. The van der Waals surface area contributed by atoms with E-state index in [4.69, 9.17) is 4.74 Å². The predicted molar refractivity (Wildman–Crippen MR) is 68.5 cm³/mol. The van der Waals surface area contributed by atoms with Gasteiger partial charge in [0.15, 0.2) is 5.78 Å². The molecule has 1 fully saturated rings. The highest BCUT2D eigenvalue weighted by Crippen LogP contribution is 2.50. The van der Waals surface area contributed by atoms with Crippen molar-refractivity contribution in [1.29, 1.82) is 0 Å². The molecule has 0 aromatic carbocycles. The normalized spacial score (nSPS) is 42.2. The van der Waals surface area contributed by atoms with Crippen LogP contribution < -0.4 is 0 Å². The zero-order valence-corrected chi connectivity index (χ0v) is 12.0. The fraction of sp³-hybridized carbons (Fsp3) is 0.583. The Morgan fingerprint density at radius 2 is 2.06 bits per heavy atom. The number of ether oxygens (including phenoxy) is 1. The molecule has 0 saturated carbocycles. The molecule has 4 heteroatoms. The van der Waals surface area contributed by atoms with Gasteiger partial charge in [-0.2, -0.15) is 0 Å². The Labute approximate surface area is 111 Å². The maximum atomic E-state index is 12.0. The van der Waals surface area contributed by atoms with Crippen molar-refractivity contribution in [2.24, 2.45) is 11.8 Å². The van der Waals surface area contributed by atoms with Gasteiger partial charge in [-0.3, -0.25) is 4.79 Å². The Morgan fingerprint density at radius 3 is 2.81 bits per heavy atom. The van der Waals surface area contributed by atoms with Gasteiger partial charge < -0.3 is 4.74 Å². The molecule has 2 nitrogen and oxygen atoms in total. The minimum atomic E-state index is -0.227. The summed E-state index contributed by atoms with van der Waals surface area (Å²) in [5.41, 5.74) is 1.42. The summed E-state index contributed by atoms with van der Waals surface area (Å²) in [6, 6.07) is 0. The van der Waals surface area contributed by atoms with Crippen molar-refractivity contribution >= 4 is 37.6 Å². The molecule has 0 amide bonds. The Bertz CT molecular complexity index is 425. The monoisotopic (exact) mass is 346 g/mol. The van der Waals surface area contributed by atoms with Crippen LogP contribution in [0, 0.1) is 11.8 Å². The van der Waals surface area contributed by atoms with Crippen molar-refractivity contribution in [3.8, 4) is 0 Å². The number of Topliss-reactive ketones (excluding diaryl/α,β-unsaturated/α-hetero) is 1. The third kappa shape index (κ3) is 1.42. The van der Waals surface area contributed by atoms with Crippen molar-refractivity contribution in [3.63, 3.8) is 0 Å².